The van der Waals surface area contributed by atoms with E-state index in [1.165, 1.54) is 0 Å². The summed E-state index contributed by atoms with van der Waals surface area (Å²) in [6, 6.07) is 27.9. The molecule has 6 nitrogen and oxygen atoms in total. The molecule has 0 radical (unpaired) electrons. The quantitative estimate of drug-likeness (QED) is 0.262. The first-order valence-electron chi connectivity index (χ1n) is 11.4. The Bertz CT molecular complexity index is 1160. The third kappa shape index (κ3) is 7.41. The number of rotatable bonds is 11. The van der Waals surface area contributed by atoms with Crippen molar-refractivity contribution in [2.75, 3.05) is 26.5 Å². The predicted molar refractivity (Wildman–Crippen MR) is 133 cm³/mol. The molecule has 0 spiro atoms. The highest BCUT2D eigenvalue weighted by Gasteiger charge is 2.42. The van der Waals surface area contributed by atoms with Gasteiger partial charge in [-0.2, -0.15) is 21.6 Å². The highest BCUT2D eigenvalue weighted by Crippen LogP contribution is 2.40. The summed E-state index contributed by atoms with van der Waals surface area (Å²) in [5.74, 6) is -2.03. The van der Waals surface area contributed by atoms with Crippen LogP contribution in [0.1, 0.15) is 23.1 Å². The molecule has 0 N–H and O–H groups in total. The second-order valence-electron chi connectivity index (χ2n) is 8.53. The molecule has 0 aliphatic carbocycles. The molecule has 3 rings (SSSR count). The van der Waals surface area contributed by atoms with Crippen molar-refractivity contribution >= 4 is 16.0 Å². The molecule has 3 aromatic carbocycles. The molecule has 3 aromatic rings. The summed E-state index contributed by atoms with van der Waals surface area (Å²) in [5, 5.41) is 0. The molecule has 0 aromatic heterocycles. The van der Waals surface area contributed by atoms with Crippen LogP contribution < -0.4 is 0 Å². The lowest BCUT2D eigenvalue weighted by Gasteiger charge is -2.37. The second-order valence-corrected chi connectivity index (χ2v) is 10.1. The first-order valence-corrected chi connectivity index (χ1v) is 13.3. The Hall–Kier alpha value is -3.21. The molecular formula is C27H28F3NO5S. The van der Waals surface area contributed by atoms with E-state index in [1.54, 1.807) is 0 Å². The van der Waals surface area contributed by atoms with Crippen molar-refractivity contribution in [3.8, 4) is 0 Å². The van der Waals surface area contributed by atoms with Crippen molar-refractivity contribution in [3.05, 3.63) is 108 Å². The Morgan fingerprint density at radius 2 is 1.24 bits per heavy atom. The van der Waals surface area contributed by atoms with Gasteiger partial charge in [0, 0.05) is 13.6 Å². The SMILES string of the molecule is CN(CC[C@@H](COC(c1ccccc1)(c1ccccc1)c1ccccc1)OS(C)(=O)=O)C(=O)C(F)(F)F. The molecule has 0 unspecified atom stereocenters. The number of nitrogens with zero attached hydrogens (tertiary/aromatic N) is 1. The van der Waals surface area contributed by atoms with Gasteiger partial charge in [0.05, 0.1) is 12.9 Å². The van der Waals surface area contributed by atoms with Crippen LogP contribution in [0.5, 0.6) is 0 Å². The van der Waals surface area contributed by atoms with E-state index in [0.717, 1.165) is 30.0 Å². The number of amides is 1. The Morgan fingerprint density at radius 1 is 0.838 bits per heavy atom. The lowest BCUT2D eigenvalue weighted by molar-refractivity contribution is -0.184. The Labute approximate surface area is 214 Å². The van der Waals surface area contributed by atoms with Crippen LogP contribution in [0, 0.1) is 0 Å². The van der Waals surface area contributed by atoms with Crippen LogP contribution >= 0.6 is 0 Å². The fourth-order valence-corrected chi connectivity index (χ4v) is 4.69. The molecular weight excluding hydrogens is 507 g/mol. The van der Waals surface area contributed by atoms with E-state index in [4.69, 9.17) is 8.92 Å². The summed E-state index contributed by atoms with van der Waals surface area (Å²) in [5.41, 5.74) is 1.09. The van der Waals surface area contributed by atoms with Crippen LogP contribution in [-0.4, -0.2) is 58.0 Å². The van der Waals surface area contributed by atoms with Gasteiger partial charge in [-0.05, 0) is 23.1 Å². The summed E-state index contributed by atoms with van der Waals surface area (Å²) in [6.07, 6.45) is -5.56. The van der Waals surface area contributed by atoms with Crippen molar-refractivity contribution in [1.29, 1.82) is 0 Å². The zero-order chi connectivity index (χ0) is 27.1. The monoisotopic (exact) mass is 535 g/mol. The summed E-state index contributed by atoms with van der Waals surface area (Å²) >= 11 is 0. The van der Waals surface area contributed by atoms with Crippen LogP contribution in [-0.2, 0) is 29.4 Å². The van der Waals surface area contributed by atoms with Crippen LogP contribution in [0.2, 0.25) is 0 Å². The summed E-state index contributed by atoms with van der Waals surface area (Å²) in [4.78, 5) is 12.0. The van der Waals surface area contributed by atoms with E-state index in [-0.39, 0.29) is 13.0 Å². The van der Waals surface area contributed by atoms with Gasteiger partial charge in [0.15, 0.2) is 0 Å². The van der Waals surface area contributed by atoms with E-state index in [9.17, 15) is 26.4 Å². The minimum Gasteiger partial charge on any atom is -0.358 e. The van der Waals surface area contributed by atoms with Crippen LogP contribution in [0.4, 0.5) is 13.2 Å². The molecule has 1 atom stereocenters. The van der Waals surface area contributed by atoms with Gasteiger partial charge in [-0.25, -0.2) is 0 Å². The van der Waals surface area contributed by atoms with Gasteiger partial charge in [-0.15, -0.1) is 0 Å². The normalized spacial score (nSPS) is 13.2. The zero-order valence-electron chi connectivity index (χ0n) is 20.4. The average molecular weight is 536 g/mol. The smallest absolute Gasteiger partial charge is 0.358 e. The molecule has 0 saturated heterocycles. The fraction of sp³-hybridized carbons (Fsp3) is 0.296. The van der Waals surface area contributed by atoms with Crippen molar-refractivity contribution < 1.29 is 35.3 Å². The zero-order valence-corrected chi connectivity index (χ0v) is 21.2. The summed E-state index contributed by atoms with van der Waals surface area (Å²) in [7, 11) is -2.99. The summed E-state index contributed by atoms with van der Waals surface area (Å²) in [6.45, 7) is -0.684. The third-order valence-corrected chi connectivity index (χ3v) is 6.33. The van der Waals surface area contributed by atoms with Gasteiger partial charge >= 0.3 is 12.1 Å². The van der Waals surface area contributed by atoms with Gasteiger partial charge in [-0.1, -0.05) is 91.0 Å². The molecule has 0 fully saturated rings. The Kier molecular flexibility index (Phi) is 9.12. The van der Waals surface area contributed by atoms with Crippen molar-refractivity contribution in [2.24, 2.45) is 0 Å². The number of hydrogen-bond donors (Lipinski definition) is 0. The Morgan fingerprint density at radius 3 is 1.59 bits per heavy atom. The highest BCUT2D eigenvalue weighted by molar-refractivity contribution is 7.86. The van der Waals surface area contributed by atoms with Crippen LogP contribution in [0.25, 0.3) is 0 Å². The van der Waals surface area contributed by atoms with Gasteiger partial charge in [0.2, 0.25) is 0 Å². The average Bonchev–Trinajstić information content (AvgIpc) is 2.87. The first kappa shape index (κ1) is 28.4. The van der Waals surface area contributed by atoms with Crippen molar-refractivity contribution in [3.63, 3.8) is 0 Å². The largest absolute Gasteiger partial charge is 0.471 e. The molecule has 198 valence electrons. The minimum absolute atomic E-state index is 0.208. The summed E-state index contributed by atoms with van der Waals surface area (Å²) < 4.78 is 74.1. The number of carbonyl (C=O) groups excluding carboxylic acids is 1. The molecule has 10 heteroatoms. The topological polar surface area (TPSA) is 72.9 Å². The maximum Gasteiger partial charge on any atom is 0.471 e. The second kappa shape index (κ2) is 11.9. The molecule has 0 aliphatic rings. The molecule has 0 saturated carbocycles. The lowest BCUT2D eigenvalue weighted by atomic mass is 9.80. The Balaban J connectivity index is 1.99. The maximum atomic E-state index is 12.8. The minimum atomic E-state index is -5.04. The van der Waals surface area contributed by atoms with Gasteiger partial charge in [0.25, 0.3) is 10.1 Å². The number of halogens is 3. The van der Waals surface area contributed by atoms with Crippen LogP contribution in [0.3, 0.4) is 0 Å². The lowest BCUT2D eigenvalue weighted by Crippen LogP contribution is -2.41. The standard InChI is InChI=1S/C27H28F3NO5S/c1-31(25(32)27(28,29)30)19-18-24(36-37(2,33)34)20-35-26(21-12-6-3-7-13-21,22-14-8-4-9-15-22)23-16-10-5-11-17-23/h3-17,24H,18-20H2,1-2H3/t24-/m0/s1. The fourth-order valence-electron chi connectivity index (χ4n) is 4.05. The van der Waals surface area contributed by atoms with Gasteiger partial charge < -0.3 is 9.64 Å². The molecule has 0 heterocycles. The maximum absolute atomic E-state index is 12.8. The number of hydrogen-bond acceptors (Lipinski definition) is 5. The van der Waals surface area contributed by atoms with E-state index in [1.807, 2.05) is 91.0 Å². The van der Waals surface area contributed by atoms with Crippen molar-refractivity contribution in [2.45, 2.75) is 24.3 Å². The molecule has 0 aliphatic heterocycles. The highest BCUT2D eigenvalue weighted by atomic mass is 32.2. The molecule has 1 amide bonds. The van der Waals surface area contributed by atoms with Crippen molar-refractivity contribution in [1.82, 2.24) is 4.90 Å². The van der Waals surface area contributed by atoms with Crippen LogP contribution in [0.15, 0.2) is 91.0 Å². The predicted octanol–water partition coefficient (Wildman–Crippen LogP) is 4.75. The first-order chi connectivity index (χ1) is 17.4. The van der Waals surface area contributed by atoms with Gasteiger partial charge in [-0.3, -0.25) is 8.98 Å². The molecule has 0 bridgehead atoms. The van der Waals surface area contributed by atoms with E-state index >= 15 is 0 Å². The number of carbonyl (C=O) groups is 1. The molecule has 37 heavy (non-hydrogen) atoms. The number of ether oxygens (including phenoxy) is 1. The number of alkyl halides is 3. The van der Waals surface area contributed by atoms with E-state index < -0.39 is 40.5 Å². The van der Waals surface area contributed by atoms with E-state index in [0.29, 0.717) is 4.90 Å². The van der Waals surface area contributed by atoms with E-state index in [2.05, 4.69) is 0 Å². The third-order valence-electron chi connectivity index (χ3n) is 5.71. The number of benzene rings is 3. The van der Waals surface area contributed by atoms with Gasteiger partial charge in [0.1, 0.15) is 11.7 Å².